The van der Waals surface area contributed by atoms with Crippen LogP contribution < -0.4 is 0 Å². The molecule has 8 nitrogen and oxygen atoms in total. The van der Waals surface area contributed by atoms with E-state index in [1.807, 2.05) is 25.1 Å². The fourth-order valence-corrected chi connectivity index (χ4v) is 3.23. The summed E-state index contributed by atoms with van der Waals surface area (Å²) in [5.74, 6) is 0. The van der Waals surface area contributed by atoms with E-state index in [0.29, 0.717) is 17.1 Å². The number of benzene rings is 2. The van der Waals surface area contributed by atoms with Crippen LogP contribution in [0.4, 0.5) is 5.69 Å². The standard InChI is InChI=1S/C18H18ClN5O3/c1-12-8-14(6-7-17(12)24(26)27)10-22-18(11-25)23(21-20-22)13(2)15-4-3-5-16(19)9-15/h3-9,11,13,18H,10H2,1-2H3. The van der Waals surface area contributed by atoms with Crippen LogP contribution in [0.1, 0.15) is 29.7 Å². The van der Waals surface area contributed by atoms with Crippen LogP contribution in [0.2, 0.25) is 5.02 Å². The second-order valence-electron chi connectivity index (χ2n) is 6.32. The molecule has 2 unspecified atom stereocenters. The SMILES string of the molecule is Cc1cc(CN2N=NN(C(C)c3cccc(Cl)c3)C2C=O)ccc1[N+](=O)[O-]. The Morgan fingerprint density at radius 2 is 2.07 bits per heavy atom. The lowest BCUT2D eigenvalue weighted by Crippen LogP contribution is -2.40. The maximum atomic E-state index is 11.7. The fourth-order valence-electron chi connectivity index (χ4n) is 3.03. The van der Waals surface area contributed by atoms with Gasteiger partial charge in [0.15, 0.2) is 12.5 Å². The second kappa shape index (κ2) is 7.71. The normalized spacial score (nSPS) is 17.2. The van der Waals surface area contributed by atoms with Gasteiger partial charge in [-0.25, -0.2) is 10.0 Å². The van der Waals surface area contributed by atoms with Gasteiger partial charge in [0.2, 0.25) is 0 Å². The number of carbonyl (C=O) groups excluding carboxylic acids is 1. The molecule has 0 bridgehead atoms. The van der Waals surface area contributed by atoms with Crippen molar-refractivity contribution >= 4 is 23.6 Å². The molecule has 2 atom stereocenters. The van der Waals surface area contributed by atoms with E-state index in [1.165, 1.54) is 6.07 Å². The van der Waals surface area contributed by atoms with Gasteiger partial charge in [-0.1, -0.05) is 40.2 Å². The molecule has 9 heteroatoms. The quantitative estimate of drug-likeness (QED) is 0.420. The Hall–Kier alpha value is -3.00. The molecule has 0 aliphatic carbocycles. The van der Waals surface area contributed by atoms with E-state index in [2.05, 4.69) is 10.4 Å². The third-order valence-corrected chi connectivity index (χ3v) is 4.72. The minimum atomic E-state index is -0.672. The predicted octanol–water partition coefficient (Wildman–Crippen LogP) is 4.24. The van der Waals surface area contributed by atoms with E-state index in [-0.39, 0.29) is 11.7 Å². The summed E-state index contributed by atoms with van der Waals surface area (Å²) in [6.45, 7) is 3.91. The Morgan fingerprint density at radius 1 is 1.30 bits per heavy atom. The largest absolute Gasteiger partial charge is 0.299 e. The van der Waals surface area contributed by atoms with Crippen LogP contribution in [0.15, 0.2) is 52.9 Å². The summed E-state index contributed by atoms with van der Waals surface area (Å²) in [4.78, 5) is 22.2. The first-order valence-electron chi connectivity index (χ1n) is 8.32. The van der Waals surface area contributed by atoms with Gasteiger partial charge in [-0.15, -0.1) is 0 Å². The molecule has 0 fully saturated rings. The molecule has 2 aromatic rings. The van der Waals surface area contributed by atoms with Crippen LogP contribution in [-0.2, 0) is 11.3 Å². The van der Waals surface area contributed by atoms with Crippen molar-refractivity contribution < 1.29 is 9.72 Å². The molecule has 0 saturated heterocycles. The highest BCUT2D eigenvalue weighted by atomic mass is 35.5. The molecule has 0 radical (unpaired) electrons. The Kier molecular flexibility index (Phi) is 5.36. The first kappa shape index (κ1) is 18.8. The molecule has 0 saturated carbocycles. The van der Waals surface area contributed by atoms with E-state index in [1.54, 1.807) is 35.1 Å². The minimum absolute atomic E-state index is 0.0601. The van der Waals surface area contributed by atoms with Crippen molar-refractivity contribution in [3.63, 3.8) is 0 Å². The molecule has 0 aromatic heterocycles. The molecule has 27 heavy (non-hydrogen) atoms. The molecule has 0 amide bonds. The average molecular weight is 388 g/mol. The molecule has 2 aromatic carbocycles. The van der Waals surface area contributed by atoms with Gasteiger partial charge in [0.25, 0.3) is 5.69 Å². The fraction of sp³-hybridized carbons (Fsp3) is 0.278. The van der Waals surface area contributed by atoms with E-state index in [0.717, 1.165) is 17.4 Å². The first-order valence-corrected chi connectivity index (χ1v) is 8.69. The van der Waals surface area contributed by atoms with E-state index in [9.17, 15) is 14.9 Å². The molecule has 0 spiro atoms. The van der Waals surface area contributed by atoms with Crippen molar-refractivity contribution in [2.24, 2.45) is 10.4 Å². The van der Waals surface area contributed by atoms with Crippen LogP contribution in [-0.4, -0.2) is 27.4 Å². The summed E-state index contributed by atoms with van der Waals surface area (Å²) in [6, 6.07) is 12.0. The van der Waals surface area contributed by atoms with Gasteiger partial charge in [-0.05, 0) is 43.2 Å². The van der Waals surface area contributed by atoms with Gasteiger partial charge in [0.1, 0.15) is 0 Å². The molecule has 0 N–H and O–H groups in total. The topological polar surface area (TPSA) is 91.4 Å². The van der Waals surface area contributed by atoms with Gasteiger partial charge in [0, 0.05) is 16.7 Å². The van der Waals surface area contributed by atoms with E-state index in [4.69, 9.17) is 11.6 Å². The monoisotopic (exact) mass is 387 g/mol. The van der Waals surface area contributed by atoms with Crippen molar-refractivity contribution in [1.82, 2.24) is 10.0 Å². The smallest absolute Gasteiger partial charge is 0.272 e. The second-order valence-corrected chi connectivity index (χ2v) is 6.75. The molecule has 1 aliphatic heterocycles. The van der Waals surface area contributed by atoms with Crippen molar-refractivity contribution in [3.05, 3.63) is 74.3 Å². The summed E-state index contributed by atoms with van der Waals surface area (Å²) in [5.41, 5.74) is 2.34. The number of carbonyl (C=O) groups is 1. The number of nitro groups is 1. The molecular formula is C18H18ClN5O3. The number of hydrogen-bond acceptors (Lipinski definition) is 7. The zero-order valence-electron chi connectivity index (χ0n) is 14.8. The maximum Gasteiger partial charge on any atom is 0.272 e. The Morgan fingerprint density at radius 3 is 2.70 bits per heavy atom. The van der Waals surface area contributed by atoms with Crippen LogP contribution in [0.25, 0.3) is 0 Å². The summed E-state index contributed by atoms with van der Waals surface area (Å²) < 4.78 is 0. The molecule has 1 heterocycles. The van der Waals surface area contributed by atoms with Crippen molar-refractivity contribution in [1.29, 1.82) is 0 Å². The van der Waals surface area contributed by atoms with Crippen LogP contribution in [0.5, 0.6) is 0 Å². The number of nitrogens with zero attached hydrogens (tertiary/aromatic N) is 5. The first-order chi connectivity index (χ1) is 12.9. The highest BCUT2D eigenvalue weighted by molar-refractivity contribution is 6.30. The predicted molar refractivity (Wildman–Crippen MR) is 99.8 cm³/mol. The maximum absolute atomic E-state index is 11.7. The minimum Gasteiger partial charge on any atom is -0.299 e. The lowest BCUT2D eigenvalue weighted by molar-refractivity contribution is -0.385. The zero-order chi connectivity index (χ0) is 19.6. The van der Waals surface area contributed by atoms with Gasteiger partial charge >= 0.3 is 0 Å². The van der Waals surface area contributed by atoms with Gasteiger partial charge in [-0.2, -0.15) is 0 Å². The number of halogens is 1. The summed E-state index contributed by atoms with van der Waals surface area (Å²) in [6.07, 6.45) is 0.105. The Balaban J connectivity index is 1.77. The number of nitro benzene ring substituents is 1. The van der Waals surface area contributed by atoms with Crippen molar-refractivity contribution in [2.45, 2.75) is 32.6 Å². The van der Waals surface area contributed by atoms with E-state index >= 15 is 0 Å². The lowest BCUT2D eigenvalue weighted by atomic mass is 10.1. The third kappa shape index (κ3) is 3.90. The lowest BCUT2D eigenvalue weighted by Gasteiger charge is -2.28. The van der Waals surface area contributed by atoms with Gasteiger partial charge in [-0.3, -0.25) is 14.9 Å². The highest BCUT2D eigenvalue weighted by Gasteiger charge is 2.33. The highest BCUT2D eigenvalue weighted by Crippen LogP contribution is 2.30. The Labute approximate surface area is 161 Å². The van der Waals surface area contributed by atoms with Gasteiger partial charge < -0.3 is 0 Å². The number of rotatable bonds is 6. The average Bonchev–Trinajstić information content (AvgIpc) is 3.03. The van der Waals surface area contributed by atoms with Crippen molar-refractivity contribution in [3.8, 4) is 0 Å². The molecule has 1 aliphatic rings. The number of aryl methyl sites for hydroxylation is 1. The molecular weight excluding hydrogens is 370 g/mol. The summed E-state index contributed by atoms with van der Waals surface area (Å²) in [5, 5.41) is 23.0. The Bertz CT molecular complexity index is 904. The zero-order valence-corrected chi connectivity index (χ0v) is 15.6. The summed E-state index contributed by atoms with van der Waals surface area (Å²) in [7, 11) is 0. The van der Waals surface area contributed by atoms with E-state index < -0.39 is 11.1 Å². The summed E-state index contributed by atoms with van der Waals surface area (Å²) >= 11 is 6.05. The van der Waals surface area contributed by atoms with Gasteiger partial charge in [0.05, 0.1) is 17.5 Å². The van der Waals surface area contributed by atoms with Crippen molar-refractivity contribution in [2.75, 3.05) is 0 Å². The molecule has 140 valence electrons. The van der Waals surface area contributed by atoms with Crippen LogP contribution in [0, 0.1) is 17.0 Å². The third-order valence-electron chi connectivity index (χ3n) is 4.49. The van der Waals surface area contributed by atoms with Crippen LogP contribution >= 0.6 is 11.6 Å². The number of hydrogen-bond donors (Lipinski definition) is 0. The number of aldehydes is 1. The molecule has 3 rings (SSSR count). The van der Waals surface area contributed by atoms with Crippen LogP contribution in [0.3, 0.4) is 0 Å².